The van der Waals surface area contributed by atoms with Gasteiger partial charge in [-0.15, -0.1) is 5.10 Å². The van der Waals surface area contributed by atoms with E-state index < -0.39 is 0 Å². The number of carbonyl (C=O) groups is 1. The number of carbonyl (C=O) groups excluding carboxylic acids is 1. The van der Waals surface area contributed by atoms with E-state index in [1.165, 1.54) is 0 Å². The maximum Gasteiger partial charge on any atom is 0.293 e. The fourth-order valence-electron chi connectivity index (χ4n) is 1.81. The summed E-state index contributed by atoms with van der Waals surface area (Å²) < 4.78 is 0. The monoisotopic (exact) mass is 273 g/mol. The van der Waals surface area contributed by atoms with Gasteiger partial charge in [-0.25, -0.2) is 4.98 Å². The molecule has 1 N–H and O–H groups in total. The number of hydrogen-bond donors (Lipinski definition) is 1. The van der Waals surface area contributed by atoms with Gasteiger partial charge in [-0.2, -0.15) is 0 Å². The van der Waals surface area contributed by atoms with Crippen molar-refractivity contribution in [3.8, 4) is 0 Å². The Kier molecular flexibility index (Phi) is 4.45. The summed E-state index contributed by atoms with van der Waals surface area (Å²) >= 11 is 0. The quantitative estimate of drug-likeness (QED) is 0.904. The first-order chi connectivity index (χ1) is 9.61. The maximum absolute atomic E-state index is 12.4. The molecule has 0 atom stereocenters. The lowest BCUT2D eigenvalue weighted by molar-refractivity contribution is 0.0740. The molecule has 6 nitrogen and oxygen atoms in total. The average molecular weight is 273 g/mol. The molecule has 20 heavy (non-hydrogen) atoms. The molecule has 1 amide bonds. The van der Waals surface area contributed by atoms with E-state index in [4.69, 9.17) is 0 Å². The van der Waals surface area contributed by atoms with Crippen LogP contribution in [0.5, 0.6) is 0 Å². The molecule has 0 spiro atoms. The zero-order valence-electron chi connectivity index (χ0n) is 12.0. The molecule has 0 bridgehead atoms. The number of amides is 1. The van der Waals surface area contributed by atoms with E-state index in [-0.39, 0.29) is 17.6 Å². The molecule has 0 aromatic carbocycles. The summed E-state index contributed by atoms with van der Waals surface area (Å²) in [5, 5.41) is 6.82. The van der Waals surface area contributed by atoms with Crippen LogP contribution < -0.4 is 0 Å². The Morgan fingerprint density at radius 3 is 2.60 bits per heavy atom. The molecule has 2 aromatic rings. The minimum atomic E-state index is -0.160. The zero-order valence-corrected chi connectivity index (χ0v) is 12.0. The molecule has 2 heterocycles. The highest BCUT2D eigenvalue weighted by Crippen LogP contribution is 2.10. The van der Waals surface area contributed by atoms with Gasteiger partial charge in [-0.1, -0.05) is 13.8 Å². The number of aromatic amines is 1. The van der Waals surface area contributed by atoms with Crippen LogP contribution in [-0.2, 0) is 6.54 Å². The predicted molar refractivity (Wildman–Crippen MR) is 75.1 cm³/mol. The summed E-state index contributed by atoms with van der Waals surface area (Å²) in [7, 11) is 0. The van der Waals surface area contributed by atoms with Crippen molar-refractivity contribution in [3.63, 3.8) is 0 Å². The highest BCUT2D eigenvalue weighted by molar-refractivity contribution is 5.90. The molecule has 0 aliphatic heterocycles. The van der Waals surface area contributed by atoms with E-state index in [2.05, 4.69) is 20.2 Å². The van der Waals surface area contributed by atoms with E-state index in [0.717, 1.165) is 11.4 Å². The van der Waals surface area contributed by atoms with Gasteiger partial charge in [0.2, 0.25) is 5.82 Å². The van der Waals surface area contributed by atoms with Crippen LogP contribution in [0.2, 0.25) is 0 Å². The van der Waals surface area contributed by atoms with Crippen LogP contribution in [0.15, 0.2) is 24.5 Å². The van der Waals surface area contributed by atoms with Crippen molar-refractivity contribution in [2.75, 3.05) is 6.54 Å². The van der Waals surface area contributed by atoms with Gasteiger partial charge in [0.25, 0.3) is 5.91 Å². The first-order valence-electron chi connectivity index (χ1n) is 6.72. The third-order valence-electron chi connectivity index (χ3n) is 3.03. The van der Waals surface area contributed by atoms with Crippen molar-refractivity contribution in [2.24, 2.45) is 0 Å². The number of hydrogen-bond acceptors (Lipinski definition) is 4. The molecule has 2 rings (SSSR count). The number of aromatic nitrogens is 4. The molecule has 2 aromatic heterocycles. The Morgan fingerprint density at radius 1 is 1.35 bits per heavy atom. The SMILES string of the molecule is CCN(Cc1ccncc1)C(=O)c1n[nH]c(C(C)C)n1. The van der Waals surface area contributed by atoms with Crippen molar-refractivity contribution in [1.82, 2.24) is 25.1 Å². The summed E-state index contributed by atoms with van der Waals surface area (Å²) in [5.41, 5.74) is 1.04. The number of nitrogens with zero attached hydrogens (tertiary/aromatic N) is 4. The second-order valence-corrected chi connectivity index (χ2v) is 4.87. The van der Waals surface area contributed by atoms with Gasteiger partial charge in [-0.3, -0.25) is 14.9 Å². The minimum absolute atomic E-state index is 0.160. The summed E-state index contributed by atoms with van der Waals surface area (Å²) in [5.74, 6) is 1.02. The lowest BCUT2D eigenvalue weighted by atomic mass is 10.2. The Morgan fingerprint density at radius 2 is 2.05 bits per heavy atom. The Labute approximate surface area is 118 Å². The van der Waals surface area contributed by atoms with Crippen molar-refractivity contribution in [3.05, 3.63) is 41.7 Å². The summed E-state index contributed by atoms with van der Waals surface area (Å²) in [4.78, 5) is 22.3. The van der Waals surface area contributed by atoms with Crippen molar-refractivity contribution in [1.29, 1.82) is 0 Å². The minimum Gasteiger partial charge on any atom is -0.332 e. The lowest BCUT2D eigenvalue weighted by Crippen LogP contribution is -2.31. The molecule has 0 aliphatic rings. The third kappa shape index (κ3) is 3.20. The molecule has 0 aliphatic carbocycles. The fraction of sp³-hybridized carbons (Fsp3) is 0.429. The Balaban J connectivity index is 2.12. The summed E-state index contributed by atoms with van der Waals surface area (Å²) in [6, 6.07) is 3.79. The average Bonchev–Trinajstić information content (AvgIpc) is 2.95. The number of pyridine rings is 1. The van der Waals surface area contributed by atoms with E-state index in [1.807, 2.05) is 32.9 Å². The largest absolute Gasteiger partial charge is 0.332 e. The van der Waals surface area contributed by atoms with Crippen LogP contribution in [-0.4, -0.2) is 37.5 Å². The topological polar surface area (TPSA) is 74.8 Å². The van der Waals surface area contributed by atoms with Gasteiger partial charge >= 0.3 is 0 Å². The lowest BCUT2D eigenvalue weighted by Gasteiger charge is -2.19. The number of nitrogens with one attached hydrogen (secondary N) is 1. The highest BCUT2D eigenvalue weighted by Gasteiger charge is 2.20. The second kappa shape index (κ2) is 6.27. The van der Waals surface area contributed by atoms with Gasteiger partial charge in [0, 0.05) is 31.4 Å². The first kappa shape index (κ1) is 14.2. The predicted octanol–water partition coefficient (Wildman–Crippen LogP) is 1.99. The van der Waals surface area contributed by atoms with Crippen LogP contribution in [0, 0.1) is 0 Å². The van der Waals surface area contributed by atoms with Crippen LogP contribution in [0.3, 0.4) is 0 Å². The molecular formula is C14H19N5O. The van der Waals surface area contributed by atoms with Gasteiger partial charge in [-0.05, 0) is 24.6 Å². The smallest absolute Gasteiger partial charge is 0.293 e. The second-order valence-electron chi connectivity index (χ2n) is 4.87. The van der Waals surface area contributed by atoms with Crippen molar-refractivity contribution < 1.29 is 4.79 Å². The normalized spacial score (nSPS) is 10.8. The number of rotatable bonds is 5. The molecule has 0 unspecified atom stereocenters. The van der Waals surface area contributed by atoms with Gasteiger partial charge in [0.15, 0.2) is 0 Å². The molecule has 0 fully saturated rings. The van der Waals surface area contributed by atoms with Crippen LogP contribution in [0.25, 0.3) is 0 Å². The highest BCUT2D eigenvalue weighted by atomic mass is 16.2. The standard InChI is InChI=1S/C14H19N5O/c1-4-19(9-11-5-7-15-8-6-11)14(20)13-16-12(10(2)3)17-18-13/h5-8,10H,4,9H2,1-3H3,(H,16,17,18). The Hall–Kier alpha value is -2.24. The van der Waals surface area contributed by atoms with Gasteiger partial charge in [0.05, 0.1) is 0 Å². The van der Waals surface area contributed by atoms with Crippen LogP contribution >= 0.6 is 0 Å². The van der Waals surface area contributed by atoms with E-state index in [0.29, 0.717) is 13.1 Å². The van der Waals surface area contributed by atoms with E-state index >= 15 is 0 Å². The van der Waals surface area contributed by atoms with Gasteiger partial charge in [0.1, 0.15) is 5.82 Å². The van der Waals surface area contributed by atoms with E-state index in [1.54, 1.807) is 17.3 Å². The van der Waals surface area contributed by atoms with Crippen LogP contribution in [0.1, 0.15) is 48.7 Å². The van der Waals surface area contributed by atoms with Crippen molar-refractivity contribution >= 4 is 5.91 Å². The van der Waals surface area contributed by atoms with Crippen molar-refractivity contribution in [2.45, 2.75) is 33.2 Å². The number of H-pyrrole nitrogens is 1. The molecular weight excluding hydrogens is 254 g/mol. The van der Waals surface area contributed by atoms with Gasteiger partial charge < -0.3 is 4.90 Å². The molecule has 0 radical (unpaired) electrons. The first-order valence-corrected chi connectivity index (χ1v) is 6.72. The van der Waals surface area contributed by atoms with Crippen LogP contribution in [0.4, 0.5) is 0 Å². The maximum atomic E-state index is 12.4. The Bertz CT molecular complexity index is 564. The molecule has 0 saturated heterocycles. The third-order valence-corrected chi connectivity index (χ3v) is 3.03. The fourth-order valence-corrected chi connectivity index (χ4v) is 1.81. The van der Waals surface area contributed by atoms with E-state index in [9.17, 15) is 4.79 Å². The summed E-state index contributed by atoms with van der Waals surface area (Å²) in [6.07, 6.45) is 3.44. The molecule has 106 valence electrons. The zero-order chi connectivity index (χ0) is 14.5. The molecule has 0 saturated carbocycles. The molecule has 6 heteroatoms. The summed E-state index contributed by atoms with van der Waals surface area (Å²) in [6.45, 7) is 7.08.